The van der Waals surface area contributed by atoms with E-state index >= 15 is 0 Å². The maximum atomic E-state index is 12.0. The number of rotatable bonds is 5. The van der Waals surface area contributed by atoms with E-state index in [9.17, 15) is 4.79 Å². The van der Waals surface area contributed by atoms with E-state index in [2.05, 4.69) is 15.3 Å². The zero-order chi connectivity index (χ0) is 17.1. The fourth-order valence-electron chi connectivity index (χ4n) is 2.02. The third-order valence-corrected chi connectivity index (χ3v) is 4.26. The highest BCUT2D eigenvalue weighted by molar-refractivity contribution is 7.99. The number of hydrogen-bond acceptors (Lipinski definition) is 6. The third kappa shape index (κ3) is 3.80. The molecule has 2 heterocycles. The monoisotopic (exact) mass is 363 g/mol. The number of amides is 1. The minimum Gasteiger partial charge on any atom is -0.495 e. The van der Waals surface area contributed by atoms with Crippen LogP contribution in [0.2, 0.25) is 5.02 Å². The van der Waals surface area contributed by atoms with Crippen LogP contribution in [0.3, 0.4) is 0 Å². The molecular formula is C16H14ClN3O3S. The molecule has 0 spiro atoms. The molecule has 3 rings (SSSR count). The molecule has 1 aromatic carbocycles. The molecule has 0 radical (unpaired) electrons. The lowest BCUT2D eigenvalue weighted by atomic mass is 10.3. The van der Waals surface area contributed by atoms with Crippen LogP contribution in [0.5, 0.6) is 5.75 Å². The fraction of sp³-hybridized carbons (Fsp3) is 0.188. The summed E-state index contributed by atoms with van der Waals surface area (Å²) >= 11 is 7.23. The van der Waals surface area contributed by atoms with Gasteiger partial charge in [0.1, 0.15) is 5.75 Å². The van der Waals surface area contributed by atoms with Crippen LogP contribution in [0.25, 0.3) is 11.2 Å². The van der Waals surface area contributed by atoms with E-state index in [1.807, 2.05) is 19.1 Å². The summed E-state index contributed by atoms with van der Waals surface area (Å²) in [6.07, 6.45) is 0. The number of methoxy groups -OCH3 is 1. The number of hydrogen-bond donors (Lipinski definition) is 1. The molecule has 0 saturated carbocycles. The van der Waals surface area contributed by atoms with Gasteiger partial charge in [0.25, 0.3) is 5.22 Å². The number of aryl methyl sites for hydroxylation is 1. The smallest absolute Gasteiger partial charge is 0.258 e. The van der Waals surface area contributed by atoms with Gasteiger partial charge in [-0.05, 0) is 37.3 Å². The summed E-state index contributed by atoms with van der Waals surface area (Å²) in [5, 5.41) is 3.60. The van der Waals surface area contributed by atoms with Crippen molar-refractivity contribution in [3.8, 4) is 5.75 Å². The molecule has 0 bridgehead atoms. The Labute approximate surface area is 147 Å². The minimum atomic E-state index is -0.187. The number of thioether (sulfide) groups is 1. The topological polar surface area (TPSA) is 77.2 Å². The summed E-state index contributed by atoms with van der Waals surface area (Å²) < 4.78 is 10.6. The molecule has 0 fully saturated rings. The number of nitrogens with zero attached hydrogens (tertiary/aromatic N) is 2. The summed E-state index contributed by atoms with van der Waals surface area (Å²) in [6.45, 7) is 1.88. The van der Waals surface area contributed by atoms with E-state index in [-0.39, 0.29) is 11.7 Å². The molecule has 0 aliphatic carbocycles. The van der Waals surface area contributed by atoms with Gasteiger partial charge in [0.15, 0.2) is 11.2 Å². The average Bonchev–Trinajstić information content (AvgIpc) is 2.95. The zero-order valence-corrected chi connectivity index (χ0v) is 14.6. The van der Waals surface area contributed by atoms with Crippen molar-refractivity contribution in [2.24, 2.45) is 0 Å². The van der Waals surface area contributed by atoms with Crippen LogP contribution in [0.4, 0.5) is 5.69 Å². The van der Waals surface area contributed by atoms with Crippen molar-refractivity contribution in [3.63, 3.8) is 0 Å². The summed E-state index contributed by atoms with van der Waals surface area (Å²) in [5.41, 5.74) is 2.60. The highest BCUT2D eigenvalue weighted by Crippen LogP contribution is 2.27. The Hall–Kier alpha value is -2.25. The van der Waals surface area contributed by atoms with E-state index in [4.69, 9.17) is 20.8 Å². The van der Waals surface area contributed by atoms with Crippen molar-refractivity contribution >= 4 is 46.2 Å². The van der Waals surface area contributed by atoms with Crippen LogP contribution in [0, 0.1) is 6.92 Å². The zero-order valence-electron chi connectivity index (χ0n) is 13.0. The summed E-state index contributed by atoms with van der Waals surface area (Å²) in [6, 6.07) is 8.71. The van der Waals surface area contributed by atoms with Crippen LogP contribution in [0.15, 0.2) is 40.0 Å². The van der Waals surface area contributed by atoms with E-state index in [1.54, 1.807) is 18.2 Å². The molecule has 6 nitrogen and oxygen atoms in total. The number of fused-ring (bicyclic) bond motifs is 1. The number of ether oxygens (including phenoxy) is 1. The van der Waals surface area contributed by atoms with Gasteiger partial charge in [-0.25, -0.2) is 4.98 Å². The van der Waals surface area contributed by atoms with Crippen molar-refractivity contribution in [3.05, 3.63) is 41.0 Å². The first-order chi connectivity index (χ1) is 11.5. The van der Waals surface area contributed by atoms with Gasteiger partial charge in [-0.2, -0.15) is 4.98 Å². The Morgan fingerprint density at radius 2 is 2.17 bits per heavy atom. The van der Waals surface area contributed by atoms with Crippen LogP contribution in [-0.2, 0) is 4.79 Å². The molecule has 3 aromatic rings. The van der Waals surface area contributed by atoms with Gasteiger partial charge in [-0.1, -0.05) is 23.4 Å². The summed E-state index contributed by atoms with van der Waals surface area (Å²) in [5.74, 6) is 0.529. The lowest BCUT2D eigenvalue weighted by Crippen LogP contribution is -2.13. The van der Waals surface area contributed by atoms with Crippen molar-refractivity contribution < 1.29 is 13.9 Å². The first-order valence-electron chi connectivity index (χ1n) is 7.05. The number of oxazole rings is 1. The van der Waals surface area contributed by atoms with E-state index < -0.39 is 0 Å². The van der Waals surface area contributed by atoms with Gasteiger partial charge in [0.2, 0.25) is 5.91 Å². The molecule has 0 saturated heterocycles. The number of halogens is 1. The van der Waals surface area contributed by atoms with E-state index in [1.165, 1.54) is 18.9 Å². The Morgan fingerprint density at radius 3 is 2.92 bits per heavy atom. The molecule has 0 aliphatic heterocycles. The first-order valence-corrected chi connectivity index (χ1v) is 8.42. The molecule has 0 aliphatic rings. The van der Waals surface area contributed by atoms with Crippen molar-refractivity contribution in [1.82, 2.24) is 9.97 Å². The van der Waals surface area contributed by atoms with Gasteiger partial charge in [-0.15, -0.1) is 0 Å². The molecule has 124 valence electrons. The maximum absolute atomic E-state index is 12.0. The Kier molecular flexibility index (Phi) is 4.92. The molecule has 0 unspecified atom stereocenters. The Morgan fingerprint density at radius 1 is 1.33 bits per heavy atom. The number of nitrogens with one attached hydrogen (secondary N) is 1. The second-order valence-corrected chi connectivity index (χ2v) is 6.27. The minimum absolute atomic E-state index is 0.162. The number of pyridine rings is 1. The second-order valence-electron chi connectivity index (χ2n) is 4.94. The van der Waals surface area contributed by atoms with Gasteiger partial charge in [0.05, 0.1) is 17.9 Å². The summed E-state index contributed by atoms with van der Waals surface area (Å²) in [4.78, 5) is 20.6. The molecule has 1 amide bonds. The van der Waals surface area contributed by atoms with Gasteiger partial charge >= 0.3 is 0 Å². The highest BCUT2D eigenvalue weighted by atomic mass is 35.5. The largest absolute Gasteiger partial charge is 0.495 e. The van der Waals surface area contributed by atoms with Crippen LogP contribution < -0.4 is 10.1 Å². The summed E-state index contributed by atoms with van der Waals surface area (Å²) in [7, 11) is 1.53. The number of benzene rings is 1. The molecular weight excluding hydrogens is 350 g/mol. The third-order valence-electron chi connectivity index (χ3n) is 3.14. The predicted octanol–water partition coefficient (Wildman–Crippen LogP) is 3.92. The van der Waals surface area contributed by atoms with Gasteiger partial charge < -0.3 is 14.5 Å². The standard InChI is InChI=1S/C16H14ClN3O3S/c1-9-3-5-13-15(18-9)20-16(23-13)24-8-14(21)19-10-4-6-12(22-2)11(17)7-10/h3-7H,8H2,1-2H3,(H,19,21). The quantitative estimate of drug-likeness (QED) is 0.692. The Bertz CT molecular complexity index is 897. The fourth-order valence-corrected chi connectivity index (χ4v) is 2.91. The SMILES string of the molecule is COc1ccc(NC(=O)CSc2nc3nc(C)ccc3o2)cc1Cl. The molecule has 24 heavy (non-hydrogen) atoms. The Balaban J connectivity index is 1.61. The molecule has 2 aromatic heterocycles. The second kappa shape index (κ2) is 7.11. The number of anilines is 1. The highest BCUT2D eigenvalue weighted by Gasteiger charge is 2.11. The van der Waals surface area contributed by atoms with Crippen LogP contribution >= 0.6 is 23.4 Å². The molecule has 8 heteroatoms. The van der Waals surface area contributed by atoms with Gasteiger partial charge in [-0.3, -0.25) is 4.79 Å². The molecule has 0 atom stereocenters. The molecule has 1 N–H and O–H groups in total. The average molecular weight is 364 g/mol. The van der Waals surface area contributed by atoms with Crippen molar-refractivity contribution in [1.29, 1.82) is 0 Å². The predicted molar refractivity (Wildman–Crippen MR) is 93.9 cm³/mol. The maximum Gasteiger partial charge on any atom is 0.258 e. The number of carbonyl (C=O) groups is 1. The number of aromatic nitrogens is 2. The lowest BCUT2D eigenvalue weighted by Gasteiger charge is -2.07. The van der Waals surface area contributed by atoms with Gasteiger partial charge in [0, 0.05) is 11.4 Å². The normalized spacial score (nSPS) is 10.8. The van der Waals surface area contributed by atoms with Crippen molar-refractivity contribution in [2.45, 2.75) is 12.1 Å². The van der Waals surface area contributed by atoms with E-state index in [0.29, 0.717) is 32.9 Å². The van der Waals surface area contributed by atoms with Crippen LogP contribution in [0.1, 0.15) is 5.69 Å². The lowest BCUT2D eigenvalue weighted by molar-refractivity contribution is -0.113. The van der Waals surface area contributed by atoms with Crippen molar-refractivity contribution in [2.75, 3.05) is 18.2 Å². The van der Waals surface area contributed by atoms with Crippen LogP contribution in [-0.4, -0.2) is 28.7 Å². The number of carbonyl (C=O) groups excluding carboxylic acids is 1. The first kappa shape index (κ1) is 16.6. The van der Waals surface area contributed by atoms with E-state index in [0.717, 1.165) is 5.69 Å².